The number of amides is 2. The van der Waals surface area contributed by atoms with Crippen LogP contribution in [0.1, 0.15) is 33.1 Å². The molecule has 0 bridgehead atoms. The van der Waals surface area contributed by atoms with E-state index in [4.69, 9.17) is 4.74 Å². The summed E-state index contributed by atoms with van der Waals surface area (Å²) in [6.45, 7) is 7.12. The summed E-state index contributed by atoms with van der Waals surface area (Å²) < 4.78 is 5.83. The Balaban J connectivity index is 1.43. The monoisotopic (exact) mass is 371 g/mol. The van der Waals surface area contributed by atoms with Gasteiger partial charge in [-0.1, -0.05) is 12.1 Å². The molecule has 2 heterocycles. The first-order valence-electron chi connectivity index (χ1n) is 10.1. The highest BCUT2D eigenvalue weighted by atomic mass is 16.5. The standard InChI is InChI=1S/C21H29N3O3/c1-14-10-23(11-15(2)27-14)19-6-4-3-5-18(19)22-21(26)17-9-20(25)24(13-17)12-16-7-8-16/h3-6,14-17H,7-13H2,1-2H3,(H,22,26). The number of para-hydroxylation sites is 2. The maximum absolute atomic E-state index is 12.8. The lowest BCUT2D eigenvalue weighted by Gasteiger charge is -2.37. The highest BCUT2D eigenvalue weighted by molar-refractivity contribution is 5.99. The molecule has 0 radical (unpaired) electrons. The van der Waals surface area contributed by atoms with E-state index in [-0.39, 0.29) is 29.9 Å². The summed E-state index contributed by atoms with van der Waals surface area (Å²) in [5.41, 5.74) is 1.84. The van der Waals surface area contributed by atoms with Gasteiger partial charge in [0.05, 0.1) is 29.5 Å². The minimum Gasteiger partial charge on any atom is -0.372 e. The lowest BCUT2D eigenvalue weighted by molar-refractivity contribution is -0.128. The van der Waals surface area contributed by atoms with Crippen LogP contribution in [-0.2, 0) is 14.3 Å². The van der Waals surface area contributed by atoms with Crippen LogP contribution >= 0.6 is 0 Å². The van der Waals surface area contributed by atoms with E-state index in [2.05, 4.69) is 24.1 Å². The molecule has 4 rings (SSSR count). The zero-order chi connectivity index (χ0) is 19.0. The highest BCUT2D eigenvalue weighted by Crippen LogP contribution is 2.33. The number of carbonyl (C=O) groups excluding carboxylic acids is 2. The van der Waals surface area contributed by atoms with Crippen LogP contribution < -0.4 is 10.2 Å². The molecule has 1 aromatic rings. The number of hydrogen-bond acceptors (Lipinski definition) is 4. The molecule has 3 aliphatic rings. The van der Waals surface area contributed by atoms with Gasteiger partial charge in [0, 0.05) is 32.6 Å². The quantitative estimate of drug-likeness (QED) is 0.864. The summed E-state index contributed by atoms with van der Waals surface area (Å²) in [4.78, 5) is 29.2. The molecule has 27 heavy (non-hydrogen) atoms. The van der Waals surface area contributed by atoms with Gasteiger partial charge in [-0.2, -0.15) is 0 Å². The Morgan fingerprint density at radius 3 is 2.56 bits per heavy atom. The number of morpholine rings is 1. The third-order valence-corrected chi connectivity index (χ3v) is 5.68. The van der Waals surface area contributed by atoms with Gasteiger partial charge in [0.2, 0.25) is 11.8 Å². The maximum Gasteiger partial charge on any atom is 0.229 e. The molecular formula is C21H29N3O3. The van der Waals surface area contributed by atoms with Crippen molar-refractivity contribution in [2.75, 3.05) is 36.4 Å². The molecule has 0 spiro atoms. The molecule has 3 atom stereocenters. The van der Waals surface area contributed by atoms with E-state index in [1.165, 1.54) is 12.8 Å². The third-order valence-electron chi connectivity index (χ3n) is 5.68. The van der Waals surface area contributed by atoms with Crippen molar-refractivity contribution >= 4 is 23.2 Å². The summed E-state index contributed by atoms with van der Waals surface area (Å²) in [6.07, 6.45) is 3.06. The summed E-state index contributed by atoms with van der Waals surface area (Å²) in [5, 5.41) is 3.09. The number of anilines is 2. The molecule has 1 aliphatic carbocycles. The first-order chi connectivity index (χ1) is 13.0. The average molecular weight is 371 g/mol. The number of nitrogens with zero attached hydrogens (tertiary/aromatic N) is 2. The first-order valence-corrected chi connectivity index (χ1v) is 10.1. The summed E-state index contributed by atoms with van der Waals surface area (Å²) in [7, 11) is 0. The van der Waals surface area contributed by atoms with Crippen molar-refractivity contribution in [1.82, 2.24) is 4.90 Å². The van der Waals surface area contributed by atoms with Crippen molar-refractivity contribution in [3.63, 3.8) is 0 Å². The molecule has 0 aromatic heterocycles. The van der Waals surface area contributed by atoms with E-state index in [0.29, 0.717) is 18.9 Å². The van der Waals surface area contributed by atoms with E-state index >= 15 is 0 Å². The van der Waals surface area contributed by atoms with Gasteiger partial charge in [0.1, 0.15) is 0 Å². The lowest BCUT2D eigenvalue weighted by Crippen LogP contribution is -2.45. The molecular weight excluding hydrogens is 342 g/mol. The van der Waals surface area contributed by atoms with Crippen LogP contribution in [0.2, 0.25) is 0 Å². The molecule has 6 heteroatoms. The number of likely N-dealkylation sites (tertiary alicyclic amines) is 1. The zero-order valence-corrected chi connectivity index (χ0v) is 16.2. The van der Waals surface area contributed by atoms with Crippen LogP contribution in [0.15, 0.2) is 24.3 Å². The van der Waals surface area contributed by atoms with Gasteiger partial charge >= 0.3 is 0 Å². The highest BCUT2D eigenvalue weighted by Gasteiger charge is 2.37. The number of benzene rings is 1. The topological polar surface area (TPSA) is 61.9 Å². The van der Waals surface area contributed by atoms with E-state index in [0.717, 1.165) is 31.0 Å². The fraction of sp³-hybridized carbons (Fsp3) is 0.619. The minimum absolute atomic E-state index is 0.0524. The molecule has 146 valence electrons. The molecule has 2 saturated heterocycles. The second kappa shape index (κ2) is 7.50. The van der Waals surface area contributed by atoms with E-state index in [1.54, 1.807) is 0 Å². The van der Waals surface area contributed by atoms with Gasteiger partial charge < -0.3 is 19.9 Å². The molecule has 1 N–H and O–H groups in total. The van der Waals surface area contributed by atoms with Crippen LogP contribution in [0.4, 0.5) is 11.4 Å². The fourth-order valence-corrected chi connectivity index (χ4v) is 4.20. The Morgan fingerprint density at radius 1 is 1.15 bits per heavy atom. The van der Waals surface area contributed by atoms with Crippen molar-refractivity contribution in [2.24, 2.45) is 11.8 Å². The Kier molecular flexibility index (Phi) is 5.08. The van der Waals surface area contributed by atoms with Gasteiger partial charge in [-0.05, 0) is 44.7 Å². The van der Waals surface area contributed by atoms with Crippen molar-refractivity contribution in [1.29, 1.82) is 0 Å². The fourth-order valence-electron chi connectivity index (χ4n) is 4.20. The van der Waals surface area contributed by atoms with Crippen LogP contribution in [0.5, 0.6) is 0 Å². The minimum atomic E-state index is -0.258. The maximum atomic E-state index is 12.8. The van der Waals surface area contributed by atoms with E-state index < -0.39 is 0 Å². The van der Waals surface area contributed by atoms with Crippen LogP contribution in [0, 0.1) is 11.8 Å². The van der Waals surface area contributed by atoms with Crippen LogP contribution in [0.3, 0.4) is 0 Å². The Bertz CT molecular complexity index is 708. The van der Waals surface area contributed by atoms with Crippen molar-refractivity contribution in [3.05, 3.63) is 24.3 Å². The number of ether oxygens (including phenoxy) is 1. The molecule has 6 nitrogen and oxygen atoms in total. The van der Waals surface area contributed by atoms with Crippen LogP contribution in [0.25, 0.3) is 0 Å². The molecule has 2 aliphatic heterocycles. The van der Waals surface area contributed by atoms with E-state index in [1.807, 2.05) is 29.2 Å². The molecule has 1 saturated carbocycles. The van der Waals surface area contributed by atoms with E-state index in [9.17, 15) is 9.59 Å². The smallest absolute Gasteiger partial charge is 0.229 e. The number of nitrogens with one attached hydrogen (secondary N) is 1. The average Bonchev–Trinajstić information content (AvgIpc) is 3.36. The molecule has 2 amide bonds. The zero-order valence-electron chi connectivity index (χ0n) is 16.2. The number of hydrogen-bond donors (Lipinski definition) is 1. The van der Waals surface area contributed by atoms with Crippen LogP contribution in [-0.4, -0.2) is 55.1 Å². The van der Waals surface area contributed by atoms with Gasteiger partial charge in [-0.25, -0.2) is 0 Å². The van der Waals surface area contributed by atoms with Gasteiger partial charge in [0.25, 0.3) is 0 Å². The van der Waals surface area contributed by atoms with Crippen molar-refractivity contribution < 1.29 is 14.3 Å². The predicted molar refractivity (Wildman–Crippen MR) is 105 cm³/mol. The summed E-state index contributed by atoms with van der Waals surface area (Å²) >= 11 is 0. The molecule has 3 fully saturated rings. The summed E-state index contributed by atoms with van der Waals surface area (Å²) in [5.74, 6) is 0.461. The first kappa shape index (κ1) is 18.3. The van der Waals surface area contributed by atoms with Crippen molar-refractivity contribution in [3.8, 4) is 0 Å². The van der Waals surface area contributed by atoms with Gasteiger partial charge in [0.15, 0.2) is 0 Å². The Hall–Kier alpha value is -2.08. The molecule has 3 unspecified atom stereocenters. The number of rotatable bonds is 5. The largest absolute Gasteiger partial charge is 0.372 e. The lowest BCUT2D eigenvalue weighted by atomic mass is 10.1. The normalized spacial score (nSPS) is 28.5. The Morgan fingerprint density at radius 2 is 1.85 bits per heavy atom. The number of carbonyl (C=O) groups is 2. The van der Waals surface area contributed by atoms with Crippen molar-refractivity contribution in [2.45, 2.75) is 45.3 Å². The van der Waals surface area contributed by atoms with Gasteiger partial charge in [-0.3, -0.25) is 9.59 Å². The summed E-state index contributed by atoms with van der Waals surface area (Å²) in [6, 6.07) is 7.91. The third kappa shape index (κ3) is 4.26. The molecule has 1 aromatic carbocycles. The Labute approximate surface area is 160 Å². The van der Waals surface area contributed by atoms with Gasteiger partial charge in [-0.15, -0.1) is 0 Å². The SMILES string of the molecule is CC1CN(c2ccccc2NC(=O)C2CC(=O)N(CC3CC3)C2)CC(C)O1. The second-order valence-electron chi connectivity index (χ2n) is 8.31. The predicted octanol–water partition coefficient (Wildman–Crippen LogP) is 2.50. The second-order valence-corrected chi connectivity index (χ2v) is 8.31.